The maximum atomic E-state index is 10.3. The van der Waals surface area contributed by atoms with Crippen molar-refractivity contribution in [3.05, 3.63) is 29.8 Å². The molecule has 3 unspecified atom stereocenters. The summed E-state index contributed by atoms with van der Waals surface area (Å²) in [6.45, 7) is 4.21. The third-order valence-electron chi connectivity index (χ3n) is 2.95. The topological polar surface area (TPSA) is 61.7 Å². The van der Waals surface area contributed by atoms with E-state index in [0.717, 1.165) is 17.7 Å². The number of hydrogen-bond acceptors (Lipinski definition) is 4. The first-order valence-electron chi connectivity index (χ1n) is 6.32. The van der Waals surface area contributed by atoms with Gasteiger partial charge in [-0.15, -0.1) is 0 Å². The molecule has 0 aromatic heterocycles. The van der Waals surface area contributed by atoms with Crippen LogP contribution in [0.1, 0.15) is 31.9 Å². The molecule has 1 aromatic carbocycles. The minimum absolute atomic E-state index is 0.0620. The normalized spacial score (nSPS) is 16.1. The zero-order valence-corrected chi connectivity index (χ0v) is 11.3. The van der Waals surface area contributed by atoms with Gasteiger partial charge < -0.3 is 20.3 Å². The van der Waals surface area contributed by atoms with Gasteiger partial charge in [-0.2, -0.15) is 0 Å². The molecule has 1 aromatic rings. The van der Waals surface area contributed by atoms with Crippen molar-refractivity contribution in [2.24, 2.45) is 0 Å². The predicted molar refractivity (Wildman–Crippen MR) is 71.7 cm³/mol. The van der Waals surface area contributed by atoms with Crippen LogP contribution in [0.3, 0.4) is 0 Å². The Morgan fingerprint density at radius 2 is 1.83 bits per heavy atom. The van der Waals surface area contributed by atoms with Gasteiger partial charge in [0.2, 0.25) is 0 Å². The van der Waals surface area contributed by atoms with E-state index in [1.54, 1.807) is 14.0 Å². The molecule has 4 nitrogen and oxygen atoms in total. The molecule has 0 spiro atoms. The average molecular weight is 253 g/mol. The van der Waals surface area contributed by atoms with Crippen LogP contribution in [0, 0.1) is 0 Å². The van der Waals surface area contributed by atoms with Gasteiger partial charge in [0.05, 0.1) is 19.3 Å². The Morgan fingerprint density at radius 3 is 2.28 bits per heavy atom. The van der Waals surface area contributed by atoms with Gasteiger partial charge in [-0.05, 0) is 31.0 Å². The van der Waals surface area contributed by atoms with Crippen molar-refractivity contribution in [1.82, 2.24) is 5.32 Å². The molecule has 0 bridgehead atoms. The van der Waals surface area contributed by atoms with Crippen molar-refractivity contribution in [3.8, 4) is 5.75 Å². The fourth-order valence-electron chi connectivity index (χ4n) is 1.83. The molecule has 0 aliphatic rings. The number of ether oxygens (including phenoxy) is 1. The van der Waals surface area contributed by atoms with Gasteiger partial charge in [-0.1, -0.05) is 19.1 Å². The third kappa shape index (κ3) is 4.29. The first kappa shape index (κ1) is 15.0. The molecule has 0 aliphatic carbocycles. The molecule has 0 amide bonds. The number of rotatable bonds is 7. The van der Waals surface area contributed by atoms with Gasteiger partial charge in [0.1, 0.15) is 5.75 Å². The lowest BCUT2D eigenvalue weighted by molar-refractivity contribution is 0.112. The summed E-state index contributed by atoms with van der Waals surface area (Å²) in [4.78, 5) is 0. The maximum Gasteiger partial charge on any atom is 0.118 e. The highest BCUT2D eigenvalue weighted by Crippen LogP contribution is 2.21. The quantitative estimate of drug-likeness (QED) is 0.689. The van der Waals surface area contributed by atoms with E-state index < -0.39 is 12.2 Å². The Hall–Kier alpha value is -1.10. The lowest BCUT2D eigenvalue weighted by Crippen LogP contribution is -2.38. The molecular formula is C14H23NO3. The molecule has 18 heavy (non-hydrogen) atoms. The summed E-state index contributed by atoms with van der Waals surface area (Å²) in [5, 5.41) is 22.7. The van der Waals surface area contributed by atoms with Crippen LogP contribution in [-0.4, -0.2) is 36.0 Å². The molecule has 1 rings (SSSR count). The van der Waals surface area contributed by atoms with Crippen molar-refractivity contribution >= 4 is 0 Å². The summed E-state index contributed by atoms with van der Waals surface area (Å²) in [6.07, 6.45) is -0.207. The number of nitrogens with one attached hydrogen (secondary N) is 1. The Morgan fingerprint density at radius 1 is 1.22 bits per heavy atom. The molecule has 0 fully saturated rings. The van der Waals surface area contributed by atoms with Crippen molar-refractivity contribution in [2.45, 2.75) is 38.5 Å². The van der Waals surface area contributed by atoms with Gasteiger partial charge in [0.25, 0.3) is 0 Å². The maximum absolute atomic E-state index is 10.3. The zero-order valence-electron chi connectivity index (χ0n) is 11.3. The Balaban J connectivity index is 2.66. The minimum Gasteiger partial charge on any atom is -0.497 e. The highest BCUT2D eigenvalue weighted by Gasteiger charge is 2.19. The number of hydrogen-bond donors (Lipinski definition) is 3. The van der Waals surface area contributed by atoms with Gasteiger partial charge in [0.15, 0.2) is 0 Å². The fraction of sp³-hybridized carbons (Fsp3) is 0.571. The van der Waals surface area contributed by atoms with Crippen LogP contribution in [0.2, 0.25) is 0 Å². The third-order valence-corrected chi connectivity index (χ3v) is 2.95. The number of methoxy groups -OCH3 is 1. The van der Waals surface area contributed by atoms with E-state index in [1.165, 1.54) is 0 Å². The van der Waals surface area contributed by atoms with Gasteiger partial charge in [0, 0.05) is 12.6 Å². The molecule has 0 heterocycles. The SMILES string of the molecule is CCC(NCC(C)O)C(O)c1ccc(OC)cc1. The van der Waals surface area contributed by atoms with Crippen LogP contribution >= 0.6 is 0 Å². The summed E-state index contributed by atoms with van der Waals surface area (Å²) in [6, 6.07) is 7.32. The summed E-state index contributed by atoms with van der Waals surface area (Å²) in [5.41, 5.74) is 0.848. The van der Waals surface area contributed by atoms with Crippen LogP contribution in [0.4, 0.5) is 0 Å². The Kier molecular flexibility index (Phi) is 6.12. The van der Waals surface area contributed by atoms with Crippen LogP contribution in [0.5, 0.6) is 5.75 Å². The van der Waals surface area contributed by atoms with Crippen molar-refractivity contribution in [2.75, 3.05) is 13.7 Å². The molecule has 0 radical (unpaired) electrons. The van der Waals surface area contributed by atoms with Gasteiger partial charge in [-0.25, -0.2) is 0 Å². The van der Waals surface area contributed by atoms with Crippen LogP contribution in [0.15, 0.2) is 24.3 Å². The number of aliphatic hydroxyl groups is 2. The van der Waals surface area contributed by atoms with E-state index in [0.29, 0.717) is 6.54 Å². The van der Waals surface area contributed by atoms with Crippen LogP contribution in [-0.2, 0) is 0 Å². The van der Waals surface area contributed by atoms with E-state index in [1.807, 2.05) is 31.2 Å². The number of benzene rings is 1. The van der Waals surface area contributed by atoms with E-state index in [2.05, 4.69) is 5.32 Å². The highest BCUT2D eigenvalue weighted by molar-refractivity contribution is 5.29. The summed E-state index contributed by atoms with van der Waals surface area (Å²) in [5.74, 6) is 0.774. The molecule has 3 N–H and O–H groups in total. The average Bonchev–Trinajstić information content (AvgIpc) is 2.39. The van der Waals surface area contributed by atoms with Gasteiger partial charge >= 0.3 is 0 Å². The van der Waals surface area contributed by atoms with Crippen LogP contribution < -0.4 is 10.1 Å². The molecular weight excluding hydrogens is 230 g/mol. The predicted octanol–water partition coefficient (Wildman–Crippen LogP) is 1.48. The second-order valence-electron chi connectivity index (χ2n) is 4.49. The molecule has 0 aliphatic heterocycles. The number of aliphatic hydroxyl groups excluding tert-OH is 2. The molecule has 0 saturated heterocycles. The highest BCUT2D eigenvalue weighted by atomic mass is 16.5. The zero-order chi connectivity index (χ0) is 13.5. The monoisotopic (exact) mass is 253 g/mol. The van der Waals surface area contributed by atoms with Crippen molar-refractivity contribution in [1.29, 1.82) is 0 Å². The largest absolute Gasteiger partial charge is 0.497 e. The second kappa shape index (κ2) is 7.36. The molecule has 102 valence electrons. The summed E-state index contributed by atoms with van der Waals surface area (Å²) in [7, 11) is 1.62. The van der Waals surface area contributed by atoms with Crippen molar-refractivity contribution in [3.63, 3.8) is 0 Å². The molecule has 0 saturated carbocycles. The van der Waals surface area contributed by atoms with E-state index in [4.69, 9.17) is 4.74 Å². The van der Waals surface area contributed by atoms with E-state index in [9.17, 15) is 10.2 Å². The minimum atomic E-state index is -0.584. The van der Waals surface area contributed by atoms with E-state index in [-0.39, 0.29) is 6.04 Å². The van der Waals surface area contributed by atoms with Crippen LogP contribution in [0.25, 0.3) is 0 Å². The fourth-order valence-corrected chi connectivity index (χ4v) is 1.83. The lowest BCUT2D eigenvalue weighted by atomic mass is 10.00. The van der Waals surface area contributed by atoms with Gasteiger partial charge in [-0.3, -0.25) is 0 Å². The summed E-state index contributed by atoms with van der Waals surface area (Å²) < 4.78 is 5.08. The standard InChI is InChI=1S/C14H23NO3/c1-4-13(15-9-10(2)16)14(17)11-5-7-12(18-3)8-6-11/h5-8,10,13-17H,4,9H2,1-3H3. The Labute approximate surface area is 109 Å². The smallest absolute Gasteiger partial charge is 0.118 e. The first-order valence-corrected chi connectivity index (χ1v) is 6.32. The lowest BCUT2D eigenvalue weighted by Gasteiger charge is -2.24. The first-order chi connectivity index (χ1) is 8.58. The summed E-state index contributed by atoms with van der Waals surface area (Å²) >= 11 is 0. The Bertz CT molecular complexity index is 337. The molecule has 3 atom stereocenters. The van der Waals surface area contributed by atoms with E-state index >= 15 is 0 Å². The van der Waals surface area contributed by atoms with Crippen molar-refractivity contribution < 1.29 is 14.9 Å². The second-order valence-corrected chi connectivity index (χ2v) is 4.49. The molecule has 4 heteroatoms.